The zero-order chi connectivity index (χ0) is 14.3. The molecule has 19 heavy (non-hydrogen) atoms. The van der Waals surface area contributed by atoms with Gasteiger partial charge in [-0.05, 0) is 37.6 Å². The quantitative estimate of drug-likeness (QED) is 0.623. The van der Waals surface area contributed by atoms with Crippen molar-refractivity contribution in [3.8, 4) is 5.75 Å². The van der Waals surface area contributed by atoms with Crippen molar-refractivity contribution >= 4 is 5.97 Å². The minimum atomic E-state index is -0.803. The van der Waals surface area contributed by atoms with Crippen molar-refractivity contribution in [2.45, 2.75) is 31.9 Å². The van der Waals surface area contributed by atoms with E-state index in [1.807, 2.05) is 25.1 Å². The Hall–Kier alpha value is -1.59. The minimum absolute atomic E-state index is 0.134. The van der Waals surface area contributed by atoms with Crippen LogP contribution in [0.3, 0.4) is 0 Å². The highest BCUT2D eigenvalue weighted by Crippen LogP contribution is 2.21. The molecule has 5 nitrogen and oxygen atoms in total. The molecule has 0 saturated heterocycles. The highest BCUT2D eigenvalue weighted by molar-refractivity contribution is 5.66. The number of methoxy groups -OCH3 is 1. The standard InChI is InChI=1S/C14H21NO4/c1-10(15-8-4-7-13(16)17)14(18)11-5-3-6-12(9-11)19-2/h3,5-6,9-10,14-15,18H,4,7-8H2,1-2H3,(H,16,17). The fraction of sp³-hybridized carbons (Fsp3) is 0.500. The summed E-state index contributed by atoms with van der Waals surface area (Å²) in [4.78, 5) is 10.4. The molecular weight excluding hydrogens is 246 g/mol. The van der Waals surface area contributed by atoms with Gasteiger partial charge in [-0.2, -0.15) is 0 Å². The van der Waals surface area contributed by atoms with E-state index in [9.17, 15) is 9.90 Å². The number of hydrogen-bond donors (Lipinski definition) is 3. The number of aliphatic hydroxyl groups is 1. The number of aliphatic carboxylic acids is 1. The van der Waals surface area contributed by atoms with E-state index >= 15 is 0 Å². The first-order valence-corrected chi connectivity index (χ1v) is 6.31. The van der Waals surface area contributed by atoms with Gasteiger partial charge in [-0.3, -0.25) is 4.79 Å². The van der Waals surface area contributed by atoms with Crippen LogP contribution in [-0.2, 0) is 4.79 Å². The number of rotatable bonds is 8. The molecule has 1 aromatic rings. The lowest BCUT2D eigenvalue weighted by Gasteiger charge is -2.21. The summed E-state index contributed by atoms with van der Waals surface area (Å²) >= 11 is 0. The molecule has 0 aromatic heterocycles. The Labute approximate surface area is 113 Å². The lowest BCUT2D eigenvalue weighted by Crippen LogP contribution is -2.33. The maximum absolute atomic E-state index is 10.4. The van der Waals surface area contributed by atoms with Gasteiger partial charge in [-0.25, -0.2) is 0 Å². The number of aliphatic hydroxyl groups excluding tert-OH is 1. The number of benzene rings is 1. The minimum Gasteiger partial charge on any atom is -0.497 e. The van der Waals surface area contributed by atoms with Crippen LogP contribution in [0.25, 0.3) is 0 Å². The van der Waals surface area contributed by atoms with Crippen LogP contribution in [0, 0.1) is 0 Å². The number of carboxylic acid groups (broad SMARTS) is 1. The smallest absolute Gasteiger partial charge is 0.303 e. The normalized spacial score (nSPS) is 13.8. The predicted octanol–water partition coefficient (Wildman–Crippen LogP) is 1.57. The monoisotopic (exact) mass is 267 g/mol. The van der Waals surface area contributed by atoms with E-state index in [1.54, 1.807) is 13.2 Å². The van der Waals surface area contributed by atoms with E-state index in [4.69, 9.17) is 9.84 Å². The van der Waals surface area contributed by atoms with Crippen molar-refractivity contribution < 1.29 is 19.7 Å². The molecule has 1 rings (SSSR count). The van der Waals surface area contributed by atoms with Crippen LogP contribution >= 0.6 is 0 Å². The summed E-state index contributed by atoms with van der Waals surface area (Å²) in [7, 11) is 1.58. The molecule has 3 N–H and O–H groups in total. The molecule has 106 valence electrons. The van der Waals surface area contributed by atoms with Crippen LogP contribution in [0.2, 0.25) is 0 Å². The van der Waals surface area contributed by atoms with E-state index < -0.39 is 12.1 Å². The summed E-state index contributed by atoms with van der Waals surface area (Å²) < 4.78 is 5.11. The second-order valence-electron chi connectivity index (χ2n) is 4.46. The number of ether oxygens (including phenoxy) is 1. The number of hydrogen-bond acceptors (Lipinski definition) is 4. The zero-order valence-electron chi connectivity index (χ0n) is 11.3. The molecule has 2 unspecified atom stereocenters. The highest BCUT2D eigenvalue weighted by atomic mass is 16.5. The maximum atomic E-state index is 10.4. The first-order valence-electron chi connectivity index (χ1n) is 6.31. The summed E-state index contributed by atoms with van der Waals surface area (Å²) in [5.74, 6) is -0.0996. The van der Waals surface area contributed by atoms with Crippen molar-refractivity contribution in [1.82, 2.24) is 5.32 Å². The molecule has 0 fully saturated rings. The molecule has 0 aliphatic heterocycles. The van der Waals surface area contributed by atoms with E-state index in [-0.39, 0.29) is 12.5 Å². The van der Waals surface area contributed by atoms with Crippen LogP contribution in [-0.4, -0.2) is 35.9 Å². The van der Waals surface area contributed by atoms with E-state index in [2.05, 4.69) is 5.32 Å². The first-order chi connectivity index (χ1) is 9.04. The van der Waals surface area contributed by atoms with Gasteiger partial charge in [0.25, 0.3) is 0 Å². The van der Waals surface area contributed by atoms with Crippen LogP contribution in [0.4, 0.5) is 0 Å². The Morgan fingerprint density at radius 1 is 1.47 bits per heavy atom. The maximum Gasteiger partial charge on any atom is 0.303 e. The topological polar surface area (TPSA) is 78.8 Å². The van der Waals surface area contributed by atoms with Gasteiger partial charge in [-0.1, -0.05) is 12.1 Å². The summed E-state index contributed by atoms with van der Waals surface area (Å²) in [6.45, 7) is 2.43. The van der Waals surface area contributed by atoms with Crippen molar-refractivity contribution in [1.29, 1.82) is 0 Å². The average Bonchev–Trinajstić information content (AvgIpc) is 2.42. The van der Waals surface area contributed by atoms with Crippen molar-refractivity contribution in [3.63, 3.8) is 0 Å². The summed E-state index contributed by atoms with van der Waals surface area (Å²) in [6.07, 6.45) is 0.0272. The van der Waals surface area contributed by atoms with Gasteiger partial charge in [0, 0.05) is 12.5 Å². The van der Waals surface area contributed by atoms with Gasteiger partial charge >= 0.3 is 5.97 Å². The fourth-order valence-electron chi connectivity index (χ4n) is 1.80. The molecule has 0 amide bonds. The third kappa shape index (κ3) is 5.28. The number of carboxylic acids is 1. The second-order valence-corrected chi connectivity index (χ2v) is 4.46. The van der Waals surface area contributed by atoms with Crippen LogP contribution in [0.1, 0.15) is 31.4 Å². The largest absolute Gasteiger partial charge is 0.497 e. The lowest BCUT2D eigenvalue weighted by molar-refractivity contribution is -0.137. The zero-order valence-corrected chi connectivity index (χ0v) is 11.3. The molecule has 1 aromatic carbocycles. The second kappa shape index (κ2) is 7.76. The van der Waals surface area contributed by atoms with E-state index in [1.165, 1.54) is 0 Å². The highest BCUT2D eigenvalue weighted by Gasteiger charge is 2.16. The van der Waals surface area contributed by atoms with Crippen LogP contribution in [0.5, 0.6) is 5.75 Å². The molecule has 0 radical (unpaired) electrons. The molecular formula is C14H21NO4. The molecule has 2 atom stereocenters. The number of carbonyl (C=O) groups is 1. The Morgan fingerprint density at radius 3 is 2.84 bits per heavy atom. The predicted molar refractivity (Wildman–Crippen MR) is 72.3 cm³/mol. The summed E-state index contributed by atoms with van der Waals surface area (Å²) in [5, 5.41) is 21.8. The van der Waals surface area contributed by atoms with Gasteiger partial charge in [0.05, 0.1) is 13.2 Å². The van der Waals surface area contributed by atoms with Gasteiger partial charge in [0.1, 0.15) is 5.75 Å². The van der Waals surface area contributed by atoms with Crippen LogP contribution in [0.15, 0.2) is 24.3 Å². The van der Waals surface area contributed by atoms with Gasteiger partial charge in [0.15, 0.2) is 0 Å². The summed E-state index contributed by atoms with van der Waals surface area (Å²) in [6, 6.07) is 7.12. The van der Waals surface area contributed by atoms with Gasteiger partial charge in [-0.15, -0.1) is 0 Å². The summed E-state index contributed by atoms with van der Waals surface area (Å²) in [5.41, 5.74) is 0.776. The fourth-order valence-corrected chi connectivity index (χ4v) is 1.80. The van der Waals surface area contributed by atoms with Gasteiger partial charge in [0.2, 0.25) is 0 Å². The SMILES string of the molecule is COc1cccc(C(O)C(C)NCCCC(=O)O)c1. The van der Waals surface area contributed by atoms with E-state index in [0.717, 1.165) is 5.56 Å². The molecule has 0 heterocycles. The molecule has 0 spiro atoms. The third-order valence-corrected chi connectivity index (χ3v) is 2.94. The van der Waals surface area contributed by atoms with E-state index in [0.29, 0.717) is 18.7 Å². The Kier molecular flexibility index (Phi) is 6.32. The molecule has 0 bridgehead atoms. The Morgan fingerprint density at radius 2 is 2.21 bits per heavy atom. The van der Waals surface area contributed by atoms with Crippen LogP contribution < -0.4 is 10.1 Å². The lowest BCUT2D eigenvalue weighted by atomic mass is 10.0. The molecule has 0 saturated carbocycles. The van der Waals surface area contributed by atoms with Gasteiger partial charge < -0.3 is 20.3 Å². The van der Waals surface area contributed by atoms with Crippen molar-refractivity contribution in [2.75, 3.05) is 13.7 Å². The first kappa shape index (κ1) is 15.5. The third-order valence-electron chi connectivity index (χ3n) is 2.94. The Balaban J connectivity index is 2.46. The average molecular weight is 267 g/mol. The molecule has 0 aliphatic rings. The number of nitrogens with one attached hydrogen (secondary N) is 1. The van der Waals surface area contributed by atoms with Crippen molar-refractivity contribution in [2.24, 2.45) is 0 Å². The molecule has 0 aliphatic carbocycles. The Bertz CT molecular complexity index is 408. The van der Waals surface area contributed by atoms with Crippen molar-refractivity contribution in [3.05, 3.63) is 29.8 Å². The molecule has 5 heteroatoms.